The fourth-order valence-corrected chi connectivity index (χ4v) is 13.3. The van der Waals surface area contributed by atoms with Gasteiger partial charge in [0.2, 0.25) is 0 Å². The molecule has 436 valence electrons. The van der Waals surface area contributed by atoms with Crippen LogP contribution in [-0.4, -0.2) is 211 Å². The minimum atomic E-state index is 0. The fraction of sp³-hybridized carbons (Fsp3) is 0.667. The Kier molecular flexibility index (Phi) is 41.8. The third-order valence-corrected chi connectivity index (χ3v) is 19.7. The van der Waals surface area contributed by atoms with Crippen LogP contribution in [0.2, 0.25) is 0 Å². The summed E-state index contributed by atoms with van der Waals surface area (Å²) in [4.78, 5) is 5.89. The van der Waals surface area contributed by atoms with Crippen LogP contribution in [0.3, 0.4) is 0 Å². The number of ether oxygens (including phenoxy) is 10. The Morgan fingerprint density at radius 1 is 0.225 bits per heavy atom. The Balaban J connectivity index is 0.000000282. The van der Waals surface area contributed by atoms with Gasteiger partial charge in [0.05, 0.1) is 132 Å². The van der Waals surface area contributed by atoms with Crippen molar-refractivity contribution in [2.24, 2.45) is 0 Å². The number of hydrogen-bond acceptors (Lipinski definition) is 10. The molecule has 14 nitrogen and oxygen atoms in total. The molecule has 4 N–H and O–H groups in total. The molecular weight excluding hydrogens is 1070 g/mol. The summed E-state index contributed by atoms with van der Waals surface area (Å²) in [5.74, 6) is 9.23. The van der Waals surface area contributed by atoms with Crippen LogP contribution in [0.5, 0.6) is 0 Å². The van der Waals surface area contributed by atoms with Crippen LogP contribution in [0.15, 0.2) is 47.5 Å². The monoisotopic (exact) mass is 1170 g/mol. The van der Waals surface area contributed by atoms with Crippen LogP contribution in [0.4, 0.5) is 0 Å². The summed E-state index contributed by atoms with van der Waals surface area (Å²) in [6.07, 6.45) is 0. The van der Waals surface area contributed by atoms with Crippen molar-refractivity contribution in [2.75, 3.05) is 211 Å². The fourth-order valence-electron chi connectivity index (χ4n) is 8.65. The van der Waals surface area contributed by atoms with Crippen molar-refractivity contribution in [1.82, 2.24) is 0 Å². The third-order valence-electron chi connectivity index (χ3n) is 14.7. The number of rotatable bonds is 2. The molecule has 4 aliphatic heterocycles. The molecular formula is C60H100Li2N4O10P4+6. The van der Waals surface area contributed by atoms with E-state index in [0.717, 1.165) is 158 Å². The number of aryl methyl sites for hydroxylation is 8. The van der Waals surface area contributed by atoms with Gasteiger partial charge in [-0.1, -0.05) is 32.8 Å². The molecule has 4 aromatic heterocycles. The smallest absolute Gasteiger partial charge is 0.373 e. The van der Waals surface area contributed by atoms with Crippen molar-refractivity contribution >= 4 is 32.8 Å². The molecule has 0 aliphatic carbocycles. The van der Waals surface area contributed by atoms with Crippen LogP contribution >= 0.6 is 32.8 Å². The topological polar surface area (TPSA) is 110 Å². The Morgan fingerprint density at radius 2 is 0.362 bits per heavy atom. The molecule has 8 rings (SSSR count). The van der Waals surface area contributed by atoms with E-state index in [4.69, 9.17) is 47.4 Å². The third kappa shape index (κ3) is 31.6. The summed E-state index contributed by atoms with van der Waals surface area (Å²) in [7, 11) is 5.35. The van der Waals surface area contributed by atoms with Crippen LogP contribution in [0, 0.1) is 55.4 Å². The Bertz CT molecular complexity index is 1910. The Morgan fingerprint density at radius 3 is 0.500 bits per heavy atom. The molecule has 4 aliphatic rings. The average molecular weight is 1180 g/mol. The second-order valence-corrected chi connectivity index (χ2v) is 24.7. The molecule has 4 saturated heterocycles. The van der Waals surface area contributed by atoms with E-state index in [9.17, 15) is 0 Å². The van der Waals surface area contributed by atoms with Crippen LogP contribution in [0.25, 0.3) is 21.2 Å². The van der Waals surface area contributed by atoms with Gasteiger partial charge in [-0.3, -0.25) is 0 Å². The van der Waals surface area contributed by atoms with E-state index < -0.39 is 0 Å². The van der Waals surface area contributed by atoms with Gasteiger partial charge in [-0.05, 0) is 147 Å². The van der Waals surface area contributed by atoms with Gasteiger partial charge in [0.25, 0.3) is 0 Å². The van der Waals surface area contributed by atoms with E-state index in [1.165, 1.54) is 118 Å². The zero-order valence-electron chi connectivity index (χ0n) is 51.1. The maximum Gasteiger partial charge on any atom is 1.00 e. The first kappa shape index (κ1) is 73.5. The van der Waals surface area contributed by atoms with E-state index in [1.807, 2.05) is 0 Å². The van der Waals surface area contributed by atoms with Crippen molar-refractivity contribution in [1.29, 1.82) is 0 Å². The summed E-state index contributed by atoms with van der Waals surface area (Å²) >= 11 is 0. The first-order chi connectivity index (χ1) is 38.0. The summed E-state index contributed by atoms with van der Waals surface area (Å²) in [5.41, 5.74) is 11.2. The Labute approximate surface area is 513 Å². The SMILES string of the molecule is C1COCC[NH+]2CCOCCOCC[NH+](CCO1)CCOCC2.C1COCC[NH+]2CCOCCOCC[NH+](CCO1)CCOCC2.Cc1cpc(-c2cc(C)c(C)cp2)cc1C.Cc1cpc(-c2cc(C)c(C)cp2)cc1C.[Li+].[Li+]. The van der Waals surface area contributed by atoms with Crippen molar-refractivity contribution < 1.29 is 105 Å². The van der Waals surface area contributed by atoms with E-state index in [2.05, 4.69) is 103 Å². The first-order valence-electron chi connectivity index (χ1n) is 28.9. The van der Waals surface area contributed by atoms with E-state index in [0.29, 0.717) is 52.9 Å². The van der Waals surface area contributed by atoms with Gasteiger partial charge < -0.3 is 67.0 Å². The number of fused-ring (bicyclic) bond motifs is 12. The molecule has 20 heteroatoms. The van der Waals surface area contributed by atoms with E-state index >= 15 is 0 Å². The molecule has 4 aromatic rings. The molecule has 0 spiro atoms. The molecule has 0 atom stereocenters. The molecule has 4 fully saturated rings. The predicted molar refractivity (Wildman–Crippen MR) is 322 cm³/mol. The second kappa shape index (κ2) is 45.5. The molecule has 0 amide bonds. The zero-order valence-corrected chi connectivity index (χ0v) is 54.7. The van der Waals surface area contributed by atoms with Crippen molar-refractivity contribution in [3.63, 3.8) is 0 Å². The predicted octanol–water partition coefficient (Wildman–Crippen LogP) is -0.764. The van der Waals surface area contributed by atoms with E-state index in [-0.39, 0.29) is 37.7 Å². The maximum atomic E-state index is 5.84. The molecule has 4 bridgehead atoms. The average Bonchev–Trinajstić information content (AvgIpc) is 3.46. The summed E-state index contributed by atoms with van der Waals surface area (Å²) in [6.45, 7) is 44.2. The summed E-state index contributed by atoms with van der Waals surface area (Å²) in [5, 5.41) is 5.81. The van der Waals surface area contributed by atoms with Gasteiger partial charge in [0.15, 0.2) is 0 Å². The quantitative estimate of drug-likeness (QED) is 0.151. The van der Waals surface area contributed by atoms with Crippen molar-refractivity contribution in [3.8, 4) is 21.2 Å². The molecule has 8 heterocycles. The largest absolute Gasteiger partial charge is 1.00 e. The molecule has 0 radical (unpaired) electrons. The molecule has 0 saturated carbocycles. The summed E-state index contributed by atoms with van der Waals surface area (Å²) < 4.78 is 57.1. The van der Waals surface area contributed by atoms with E-state index in [1.54, 1.807) is 0 Å². The first-order valence-corrected chi connectivity index (χ1v) is 32.8. The second-order valence-electron chi connectivity index (χ2n) is 20.7. The normalized spacial score (nSPS) is 22.6. The van der Waals surface area contributed by atoms with Crippen molar-refractivity contribution in [2.45, 2.75) is 55.4 Å². The standard InChI is InChI=1S/2C16H32N2O5.2C14H16P2.2Li/c2*1-7-19-8-2-18-5-11-22-15-13-20-9-3-17(1)4-10-21-14-16-23-12-6-18;2*1-9-5-13(15-7-11(9)3)14-6-10(2)12(4)8-16-14;;/h2*1-16H2;2*5-8H,1-4H3;;/q;;;;2*+1/p+4. The Hall–Kier alpha value is -0.765. The van der Waals surface area contributed by atoms with Gasteiger partial charge in [0, 0.05) is 21.2 Å². The number of hydrogen-bond donors (Lipinski definition) is 4. The number of quaternary nitrogens is 4. The summed E-state index contributed by atoms with van der Waals surface area (Å²) in [6, 6.07) is 9.32. The molecule has 0 aromatic carbocycles. The van der Waals surface area contributed by atoms with Gasteiger partial charge >= 0.3 is 37.7 Å². The molecule has 0 unspecified atom stereocenters. The van der Waals surface area contributed by atoms with Crippen LogP contribution < -0.4 is 57.3 Å². The minimum absolute atomic E-state index is 0. The zero-order chi connectivity index (χ0) is 55.4. The van der Waals surface area contributed by atoms with Gasteiger partial charge in [-0.2, -0.15) is 0 Å². The van der Waals surface area contributed by atoms with Crippen LogP contribution in [-0.2, 0) is 47.4 Å². The van der Waals surface area contributed by atoms with Gasteiger partial charge in [0.1, 0.15) is 78.5 Å². The van der Waals surface area contributed by atoms with Gasteiger partial charge in [-0.15, -0.1) is 0 Å². The maximum absolute atomic E-state index is 5.84. The molecule has 80 heavy (non-hydrogen) atoms. The van der Waals surface area contributed by atoms with Crippen LogP contribution in [0.1, 0.15) is 44.5 Å². The van der Waals surface area contributed by atoms with Crippen molar-refractivity contribution in [3.05, 3.63) is 92.0 Å². The number of nitrogens with one attached hydrogen (secondary N) is 4. The van der Waals surface area contributed by atoms with Gasteiger partial charge in [-0.25, -0.2) is 0 Å². The minimum Gasteiger partial charge on any atom is -0.373 e.